The normalized spacial score (nSPS) is 9.00. The Morgan fingerprint density at radius 1 is 0.900 bits per heavy atom. The van der Waals surface area contributed by atoms with Crippen LogP contribution in [0.4, 0.5) is 0 Å². The van der Waals surface area contributed by atoms with Gasteiger partial charge in [-0.1, -0.05) is 45.4 Å². The van der Waals surface area contributed by atoms with E-state index in [0.29, 0.717) is 0 Å². The summed E-state index contributed by atoms with van der Waals surface area (Å²) in [4.78, 5) is 0. The molecule has 0 aliphatic heterocycles. The van der Waals surface area contributed by atoms with E-state index in [1.165, 1.54) is 38.5 Å². The van der Waals surface area contributed by atoms with Crippen LogP contribution in [0.15, 0.2) is 0 Å². The van der Waals surface area contributed by atoms with Crippen LogP contribution < -0.4 is 29.6 Å². The largest absolute Gasteiger partial charge is 1.00 e. The zero-order chi connectivity index (χ0) is 6.95. The molecule has 0 nitrogen and oxygen atoms in total. The van der Waals surface area contributed by atoms with Crippen molar-refractivity contribution in [2.75, 3.05) is 0 Å². The average molecular weight is 150 g/mol. The summed E-state index contributed by atoms with van der Waals surface area (Å²) in [6.07, 6.45) is 9.45. The van der Waals surface area contributed by atoms with Gasteiger partial charge in [-0.05, 0) is 0 Å². The van der Waals surface area contributed by atoms with Gasteiger partial charge < -0.3 is 6.92 Å². The Bertz CT molecular complexity index is 38.0. The van der Waals surface area contributed by atoms with Crippen LogP contribution in [-0.2, 0) is 0 Å². The van der Waals surface area contributed by atoms with E-state index < -0.39 is 0 Å². The van der Waals surface area contributed by atoms with Crippen molar-refractivity contribution in [1.82, 2.24) is 0 Å². The molecule has 0 aromatic carbocycles. The number of hydrogen-bond donors (Lipinski definition) is 0. The van der Waals surface area contributed by atoms with Gasteiger partial charge >= 0.3 is 29.6 Å². The molecule has 0 spiro atoms. The van der Waals surface area contributed by atoms with E-state index in [0.717, 1.165) is 6.42 Å². The van der Waals surface area contributed by atoms with Gasteiger partial charge in [0.2, 0.25) is 0 Å². The van der Waals surface area contributed by atoms with Gasteiger partial charge in [-0.3, -0.25) is 0 Å². The smallest absolute Gasteiger partial charge is 0.343 e. The molecule has 0 bridgehead atoms. The Hall–Kier alpha value is 1.00. The van der Waals surface area contributed by atoms with Crippen molar-refractivity contribution in [3.8, 4) is 0 Å². The summed E-state index contributed by atoms with van der Waals surface area (Å²) in [5.74, 6) is 0. The standard InChI is InChI=1S/C9H19.Na/c1-3-5-7-9-8-6-4-2;/h1,3-9H2,2H3;/q-1;+1. The summed E-state index contributed by atoms with van der Waals surface area (Å²) >= 11 is 0. The van der Waals surface area contributed by atoms with Crippen LogP contribution in [0, 0.1) is 6.92 Å². The van der Waals surface area contributed by atoms with E-state index in [9.17, 15) is 0 Å². The molecule has 0 unspecified atom stereocenters. The Balaban J connectivity index is 0. The second-order valence-electron chi connectivity index (χ2n) is 2.62. The van der Waals surface area contributed by atoms with E-state index >= 15 is 0 Å². The van der Waals surface area contributed by atoms with Gasteiger partial charge in [0.05, 0.1) is 0 Å². The predicted octanol–water partition coefficient (Wildman–Crippen LogP) is 0.575. The van der Waals surface area contributed by atoms with E-state index in [4.69, 9.17) is 0 Å². The van der Waals surface area contributed by atoms with Crippen LogP contribution in [0.3, 0.4) is 0 Å². The molecule has 0 aliphatic carbocycles. The Morgan fingerprint density at radius 3 is 1.90 bits per heavy atom. The first-order valence-electron chi connectivity index (χ1n) is 4.21. The van der Waals surface area contributed by atoms with Gasteiger partial charge in [-0.15, -0.1) is 0 Å². The summed E-state index contributed by atoms with van der Waals surface area (Å²) in [6.45, 7) is 6.05. The summed E-state index contributed by atoms with van der Waals surface area (Å²) in [6, 6.07) is 0. The second kappa shape index (κ2) is 12.7. The van der Waals surface area contributed by atoms with Crippen molar-refractivity contribution in [1.29, 1.82) is 0 Å². The van der Waals surface area contributed by atoms with Gasteiger partial charge in [0, 0.05) is 0 Å². The molecule has 0 fully saturated rings. The number of unbranched alkanes of at least 4 members (excludes halogenated alkanes) is 6. The van der Waals surface area contributed by atoms with Crippen molar-refractivity contribution in [2.45, 2.75) is 51.9 Å². The molecule has 0 aromatic rings. The maximum Gasteiger partial charge on any atom is 1.00 e. The van der Waals surface area contributed by atoms with E-state index in [2.05, 4.69) is 13.8 Å². The molecule has 0 saturated carbocycles. The van der Waals surface area contributed by atoms with Crippen molar-refractivity contribution >= 4 is 0 Å². The molecular weight excluding hydrogens is 131 g/mol. The number of hydrogen-bond acceptors (Lipinski definition) is 0. The Morgan fingerprint density at radius 2 is 1.40 bits per heavy atom. The van der Waals surface area contributed by atoms with Crippen LogP contribution in [-0.4, -0.2) is 0 Å². The minimum atomic E-state index is 0. The second-order valence-corrected chi connectivity index (χ2v) is 2.62. The van der Waals surface area contributed by atoms with Crippen molar-refractivity contribution in [2.24, 2.45) is 0 Å². The maximum absolute atomic E-state index is 3.80. The molecule has 56 valence electrons. The molecule has 0 radical (unpaired) electrons. The minimum absolute atomic E-state index is 0. The van der Waals surface area contributed by atoms with Crippen LogP contribution in [0.1, 0.15) is 51.9 Å². The third kappa shape index (κ3) is 11.8. The van der Waals surface area contributed by atoms with Gasteiger partial charge in [-0.25, -0.2) is 0 Å². The first kappa shape index (κ1) is 13.6. The zero-order valence-corrected chi connectivity index (χ0v) is 9.66. The first-order valence-corrected chi connectivity index (χ1v) is 4.21. The molecule has 0 atom stereocenters. The fourth-order valence-electron chi connectivity index (χ4n) is 0.957. The Labute approximate surface area is 88.1 Å². The van der Waals surface area contributed by atoms with Crippen LogP contribution in [0.2, 0.25) is 0 Å². The molecule has 0 aromatic heterocycles. The molecule has 1 heteroatoms. The molecule has 0 saturated heterocycles. The fraction of sp³-hybridized carbons (Fsp3) is 0.889. The van der Waals surface area contributed by atoms with Gasteiger partial charge in [-0.2, -0.15) is 6.42 Å². The Kier molecular flexibility index (Phi) is 17.2. The quantitative estimate of drug-likeness (QED) is 0.295. The van der Waals surface area contributed by atoms with E-state index in [1.54, 1.807) is 0 Å². The van der Waals surface area contributed by atoms with E-state index in [1.807, 2.05) is 0 Å². The predicted molar refractivity (Wildman–Crippen MR) is 43.4 cm³/mol. The monoisotopic (exact) mass is 150 g/mol. The third-order valence-corrected chi connectivity index (χ3v) is 1.60. The summed E-state index contributed by atoms with van der Waals surface area (Å²) in [5.41, 5.74) is 0. The third-order valence-electron chi connectivity index (χ3n) is 1.60. The molecule has 0 amide bonds. The molecule has 0 rings (SSSR count). The molecule has 0 heterocycles. The van der Waals surface area contributed by atoms with E-state index in [-0.39, 0.29) is 29.6 Å². The van der Waals surface area contributed by atoms with Crippen molar-refractivity contribution < 1.29 is 29.6 Å². The van der Waals surface area contributed by atoms with Crippen molar-refractivity contribution in [3.63, 3.8) is 0 Å². The van der Waals surface area contributed by atoms with Gasteiger partial charge in [0.1, 0.15) is 0 Å². The fourth-order valence-corrected chi connectivity index (χ4v) is 0.957. The van der Waals surface area contributed by atoms with Gasteiger partial charge in [0.15, 0.2) is 0 Å². The summed E-state index contributed by atoms with van der Waals surface area (Å²) < 4.78 is 0. The average Bonchev–Trinajstić information content (AvgIpc) is 1.89. The molecule has 0 aliphatic rings. The van der Waals surface area contributed by atoms with Gasteiger partial charge in [0.25, 0.3) is 0 Å². The van der Waals surface area contributed by atoms with Crippen LogP contribution in [0.25, 0.3) is 0 Å². The molecule has 10 heavy (non-hydrogen) atoms. The topological polar surface area (TPSA) is 0 Å². The summed E-state index contributed by atoms with van der Waals surface area (Å²) in [5, 5.41) is 0. The minimum Gasteiger partial charge on any atom is -0.343 e. The number of rotatable bonds is 6. The first-order chi connectivity index (χ1) is 4.41. The summed E-state index contributed by atoms with van der Waals surface area (Å²) in [7, 11) is 0. The molecular formula is C9H19Na. The van der Waals surface area contributed by atoms with Crippen molar-refractivity contribution in [3.05, 3.63) is 6.92 Å². The maximum atomic E-state index is 3.80. The molecule has 0 N–H and O–H groups in total. The zero-order valence-electron chi connectivity index (χ0n) is 7.66. The van der Waals surface area contributed by atoms with Crippen LogP contribution >= 0.6 is 0 Å². The SMILES string of the molecule is [CH2-]CCCCCCCC.[Na+]. The van der Waals surface area contributed by atoms with Crippen LogP contribution in [0.5, 0.6) is 0 Å².